The molecule has 1 fully saturated rings. The van der Waals surface area contributed by atoms with Gasteiger partial charge in [0.1, 0.15) is 0 Å². The van der Waals surface area contributed by atoms with Gasteiger partial charge in [-0.25, -0.2) is 8.42 Å². The second-order valence-corrected chi connectivity index (χ2v) is 9.94. The first-order valence-electron chi connectivity index (χ1n) is 10.1. The first-order chi connectivity index (χ1) is 14.3. The summed E-state index contributed by atoms with van der Waals surface area (Å²) in [6.07, 6.45) is 0.674. The number of halogens is 1. The zero-order chi connectivity index (χ0) is 21.7. The molecule has 30 heavy (non-hydrogen) atoms. The van der Waals surface area contributed by atoms with Crippen molar-refractivity contribution in [2.75, 3.05) is 26.2 Å². The Balaban J connectivity index is 1.59. The van der Waals surface area contributed by atoms with E-state index in [4.69, 9.17) is 11.6 Å². The molecule has 8 heteroatoms. The van der Waals surface area contributed by atoms with E-state index in [1.165, 1.54) is 4.31 Å². The molecule has 1 unspecified atom stereocenters. The number of nitrogens with one attached hydrogen (secondary N) is 1. The van der Waals surface area contributed by atoms with Crippen LogP contribution in [0.3, 0.4) is 0 Å². The van der Waals surface area contributed by atoms with Crippen molar-refractivity contribution in [1.29, 1.82) is 0 Å². The number of amides is 1. The molecular weight excluding hydrogens is 422 g/mol. The number of hydrogen-bond donors (Lipinski definition) is 1. The van der Waals surface area contributed by atoms with Gasteiger partial charge in [0.25, 0.3) is 0 Å². The van der Waals surface area contributed by atoms with E-state index in [9.17, 15) is 13.2 Å². The quantitative estimate of drug-likeness (QED) is 0.735. The highest BCUT2D eigenvalue weighted by molar-refractivity contribution is 7.89. The number of sulfonamides is 1. The van der Waals surface area contributed by atoms with Gasteiger partial charge in [0.15, 0.2) is 0 Å². The van der Waals surface area contributed by atoms with Crippen LogP contribution >= 0.6 is 11.6 Å². The lowest BCUT2D eigenvalue weighted by Gasteiger charge is -2.27. The van der Waals surface area contributed by atoms with Gasteiger partial charge in [-0.3, -0.25) is 9.69 Å². The Morgan fingerprint density at radius 3 is 2.47 bits per heavy atom. The molecule has 0 radical (unpaired) electrons. The number of nitrogens with zero attached hydrogens (tertiary/aromatic N) is 2. The Morgan fingerprint density at radius 2 is 1.77 bits per heavy atom. The third-order valence-corrected chi connectivity index (χ3v) is 7.77. The molecule has 1 aliphatic heterocycles. The van der Waals surface area contributed by atoms with Gasteiger partial charge >= 0.3 is 0 Å². The van der Waals surface area contributed by atoms with Crippen LogP contribution in [0.2, 0.25) is 5.02 Å². The van der Waals surface area contributed by atoms with Gasteiger partial charge in [-0.2, -0.15) is 4.31 Å². The predicted octanol–water partition coefficient (Wildman–Crippen LogP) is 3.05. The minimum absolute atomic E-state index is 0.0928. The summed E-state index contributed by atoms with van der Waals surface area (Å²) >= 11 is 6.15. The van der Waals surface area contributed by atoms with Gasteiger partial charge in [-0.1, -0.05) is 47.5 Å². The van der Waals surface area contributed by atoms with Crippen molar-refractivity contribution in [3.05, 3.63) is 64.7 Å². The van der Waals surface area contributed by atoms with Crippen LogP contribution in [0, 0.1) is 6.92 Å². The van der Waals surface area contributed by atoms with Crippen LogP contribution < -0.4 is 5.32 Å². The SMILES string of the molecule is Cc1ccc(S(=O)(=O)N2CCCN(C(C)C(=O)NCc3ccccc3Cl)CC2)cc1. The minimum atomic E-state index is -3.53. The van der Waals surface area contributed by atoms with Crippen molar-refractivity contribution >= 4 is 27.5 Å². The number of rotatable bonds is 6. The van der Waals surface area contributed by atoms with Crippen LogP contribution in [-0.2, 0) is 21.4 Å². The van der Waals surface area contributed by atoms with Crippen molar-refractivity contribution < 1.29 is 13.2 Å². The molecule has 1 amide bonds. The predicted molar refractivity (Wildman–Crippen MR) is 119 cm³/mol. The number of carbonyl (C=O) groups excluding carboxylic acids is 1. The van der Waals surface area contributed by atoms with Crippen LogP contribution in [0.5, 0.6) is 0 Å². The maximum atomic E-state index is 13.0. The Hall–Kier alpha value is -1.93. The van der Waals surface area contributed by atoms with Gasteiger partial charge in [-0.05, 0) is 44.0 Å². The van der Waals surface area contributed by atoms with Gasteiger partial charge < -0.3 is 5.32 Å². The summed E-state index contributed by atoms with van der Waals surface area (Å²) in [5.41, 5.74) is 1.89. The summed E-state index contributed by atoms with van der Waals surface area (Å²) in [7, 11) is -3.53. The molecule has 0 saturated carbocycles. The van der Waals surface area contributed by atoms with Gasteiger partial charge in [0, 0.05) is 37.7 Å². The van der Waals surface area contributed by atoms with Crippen LogP contribution in [-0.4, -0.2) is 55.8 Å². The summed E-state index contributed by atoms with van der Waals surface area (Å²) in [5, 5.41) is 3.56. The summed E-state index contributed by atoms with van der Waals surface area (Å²) in [5.74, 6) is -0.0928. The average molecular weight is 450 g/mol. The molecule has 0 aliphatic carbocycles. The third kappa shape index (κ3) is 5.40. The topological polar surface area (TPSA) is 69.7 Å². The lowest BCUT2D eigenvalue weighted by Crippen LogP contribution is -2.46. The smallest absolute Gasteiger partial charge is 0.243 e. The molecule has 1 aliphatic rings. The second kappa shape index (κ2) is 9.92. The zero-order valence-corrected chi connectivity index (χ0v) is 18.9. The van der Waals surface area contributed by atoms with E-state index in [1.807, 2.05) is 49.1 Å². The molecule has 162 valence electrons. The molecule has 2 aromatic carbocycles. The van der Waals surface area contributed by atoms with Gasteiger partial charge in [0.05, 0.1) is 10.9 Å². The number of benzene rings is 2. The Labute approximate surface area is 183 Å². The van der Waals surface area contributed by atoms with Crippen molar-refractivity contribution in [2.45, 2.75) is 37.8 Å². The number of hydrogen-bond acceptors (Lipinski definition) is 4. The van der Waals surface area contributed by atoms with Crippen molar-refractivity contribution in [3.8, 4) is 0 Å². The molecule has 0 aromatic heterocycles. The fourth-order valence-corrected chi connectivity index (χ4v) is 5.21. The fourth-order valence-electron chi connectivity index (χ4n) is 3.54. The highest BCUT2D eigenvalue weighted by atomic mass is 35.5. The summed E-state index contributed by atoms with van der Waals surface area (Å²) in [4.78, 5) is 15.0. The molecule has 0 bridgehead atoms. The molecular formula is C22H28ClN3O3S. The molecule has 1 saturated heterocycles. The molecule has 1 atom stereocenters. The van der Waals surface area contributed by atoms with Gasteiger partial charge in [0.2, 0.25) is 15.9 Å². The molecule has 2 aromatic rings. The molecule has 1 heterocycles. The monoisotopic (exact) mass is 449 g/mol. The van der Waals surface area contributed by atoms with E-state index in [0.29, 0.717) is 49.1 Å². The van der Waals surface area contributed by atoms with E-state index in [2.05, 4.69) is 5.32 Å². The van der Waals surface area contributed by atoms with E-state index in [0.717, 1.165) is 11.1 Å². The van der Waals surface area contributed by atoms with E-state index < -0.39 is 10.0 Å². The average Bonchev–Trinajstić information content (AvgIpc) is 2.99. The van der Waals surface area contributed by atoms with Crippen molar-refractivity contribution in [2.24, 2.45) is 0 Å². The first kappa shape index (κ1) is 22.7. The van der Waals surface area contributed by atoms with Crippen LogP contribution in [0.4, 0.5) is 0 Å². The molecule has 6 nitrogen and oxygen atoms in total. The number of aryl methyl sites for hydroxylation is 1. The summed E-state index contributed by atoms with van der Waals surface area (Å²) in [6.45, 7) is 6.13. The standard InChI is InChI=1S/C22H28ClN3O3S/c1-17-8-10-20(11-9-17)30(28,29)26-13-5-12-25(14-15-26)18(2)22(27)24-16-19-6-3-4-7-21(19)23/h3-4,6-11,18H,5,12-16H2,1-2H3,(H,24,27). The van der Waals surface area contributed by atoms with Crippen molar-refractivity contribution in [1.82, 2.24) is 14.5 Å². The van der Waals surface area contributed by atoms with Gasteiger partial charge in [-0.15, -0.1) is 0 Å². The fraction of sp³-hybridized carbons (Fsp3) is 0.409. The third-order valence-electron chi connectivity index (χ3n) is 5.49. The van der Waals surface area contributed by atoms with E-state index >= 15 is 0 Å². The Kier molecular flexibility index (Phi) is 7.52. The van der Waals surface area contributed by atoms with Crippen LogP contribution in [0.25, 0.3) is 0 Å². The van der Waals surface area contributed by atoms with E-state index in [-0.39, 0.29) is 11.9 Å². The van der Waals surface area contributed by atoms with Crippen molar-refractivity contribution in [3.63, 3.8) is 0 Å². The second-order valence-electron chi connectivity index (χ2n) is 7.59. The molecule has 0 spiro atoms. The highest BCUT2D eigenvalue weighted by Gasteiger charge is 2.29. The zero-order valence-electron chi connectivity index (χ0n) is 17.3. The highest BCUT2D eigenvalue weighted by Crippen LogP contribution is 2.19. The summed E-state index contributed by atoms with van der Waals surface area (Å²) < 4.78 is 27.5. The first-order valence-corrected chi connectivity index (χ1v) is 11.9. The molecule has 1 N–H and O–H groups in total. The molecule has 3 rings (SSSR count). The lowest BCUT2D eigenvalue weighted by molar-refractivity contribution is -0.126. The Morgan fingerprint density at radius 1 is 1.07 bits per heavy atom. The Bertz CT molecular complexity index is 979. The maximum Gasteiger partial charge on any atom is 0.243 e. The number of carbonyl (C=O) groups is 1. The maximum absolute atomic E-state index is 13.0. The van der Waals surface area contributed by atoms with Crippen LogP contribution in [0.1, 0.15) is 24.5 Å². The normalized spacial score (nSPS) is 17.3. The van der Waals surface area contributed by atoms with Crippen LogP contribution in [0.15, 0.2) is 53.4 Å². The summed E-state index contributed by atoms with van der Waals surface area (Å²) in [6, 6.07) is 14.0. The van der Waals surface area contributed by atoms with E-state index in [1.54, 1.807) is 18.2 Å². The minimum Gasteiger partial charge on any atom is -0.351 e. The largest absolute Gasteiger partial charge is 0.351 e. The lowest BCUT2D eigenvalue weighted by atomic mass is 10.2.